The molecule has 1 rings (SSSR count). The number of benzene rings is 1. The van der Waals surface area contributed by atoms with Gasteiger partial charge >= 0.3 is 5.97 Å². The lowest BCUT2D eigenvalue weighted by molar-refractivity contribution is -0.140. The first-order valence-corrected chi connectivity index (χ1v) is 5.19. The molecule has 1 atom stereocenters. The Balaban J connectivity index is 2.65. The first-order valence-electron chi connectivity index (χ1n) is 4.81. The third-order valence-corrected chi connectivity index (χ3v) is 2.42. The maximum Gasteiger partial charge on any atom is 0.305 e. The zero-order valence-electron chi connectivity index (χ0n) is 8.87. The van der Waals surface area contributed by atoms with Gasteiger partial charge in [0.05, 0.1) is 7.11 Å². The maximum atomic E-state index is 13.0. The van der Waals surface area contributed by atoms with E-state index < -0.39 is 11.9 Å². The molecule has 0 spiro atoms. The van der Waals surface area contributed by atoms with E-state index in [2.05, 4.69) is 4.74 Å². The summed E-state index contributed by atoms with van der Waals surface area (Å²) in [5.41, 5.74) is 6.38. The second-order valence-corrected chi connectivity index (χ2v) is 3.86. The zero-order chi connectivity index (χ0) is 12.1. The van der Waals surface area contributed by atoms with Crippen LogP contribution in [0.1, 0.15) is 24.4 Å². The Bertz CT molecular complexity index is 364. The number of nitrogens with two attached hydrogens (primary N) is 1. The Kier molecular flexibility index (Phi) is 4.71. The first kappa shape index (κ1) is 12.9. The predicted molar refractivity (Wildman–Crippen MR) is 59.6 cm³/mol. The Hall–Kier alpha value is -1.13. The summed E-state index contributed by atoms with van der Waals surface area (Å²) >= 11 is 5.70. The predicted octanol–water partition coefficient (Wildman–Crippen LogP) is 2.43. The molecule has 0 aromatic heterocycles. The third kappa shape index (κ3) is 3.79. The van der Waals surface area contributed by atoms with Crippen molar-refractivity contribution in [2.24, 2.45) is 5.73 Å². The molecular formula is C11H13ClFNO2. The van der Waals surface area contributed by atoms with Crippen molar-refractivity contribution < 1.29 is 13.9 Å². The standard InChI is InChI=1S/C11H13ClFNO2/c1-16-11(15)3-2-10(14)7-4-8(12)6-9(13)5-7/h4-6,10H,2-3,14H2,1H3. The summed E-state index contributed by atoms with van der Waals surface area (Å²) in [6.45, 7) is 0. The highest BCUT2D eigenvalue weighted by atomic mass is 35.5. The molecule has 3 nitrogen and oxygen atoms in total. The molecule has 1 aromatic rings. The highest BCUT2D eigenvalue weighted by molar-refractivity contribution is 6.30. The van der Waals surface area contributed by atoms with Crippen molar-refractivity contribution in [2.75, 3.05) is 7.11 Å². The van der Waals surface area contributed by atoms with Crippen molar-refractivity contribution in [3.63, 3.8) is 0 Å². The molecule has 0 radical (unpaired) electrons. The van der Waals surface area contributed by atoms with E-state index in [1.807, 2.05) is 0 Å². The van der Waals surface area contributed by atoms with Gasteiger partial charge < -0.3 is 10.5 Å². The molecule has 0 amide bonds. The fourth-order valence-corrected chi connectivity index (χ4v) is 1.56. The van der Waals surface area contributed by atoms with Crippen LogP contribution >= 0.6 is 11.6 Å². The van der Waals surface area contributed by atoms with Gasteiger partial charge in [-0.05, 0) is 30.2 Å². The summed E-state index contributed by atoms with van der Waals surface area (Å²) in [7, 11) is 1.31. The molecule has 0 heterocycles. The molecule has 1 aromatic carbocycles. The molecular weight excluding hydrogens is 233 g/mol. The summed E-state index contributed by atoms with van der Waals surface area (Å²) < 4.78 is 17.5. The fourth-order valence-electron chi connectivity index (χ4n) is 1.33. The molecule has 0 bridgehead atoms. The van der Waals surface area contributed by atoms with Crippen LogP contribution in [0.5, 0.6) is 0 Å². The van der Waals surface area contributed by atoms with Crippen LogP contribution in [-0.4, -0.2) is 13.1 Å². The third-order valence-electron chi connectivity index (χ3n) is 2.20. The average Bonchev–Trinajstić information content (AvgIpc) is 2.23. The molecule has 0 saturated heterocycles. The number of rotatable bonds is 4. The van der Waals surface area contributed by atoms with Gasteiger partial charge in [0, 0.05) is 17.5 Å². The van der Waals surface area contributed by atoms with Crippen LogP contribution in [0.3, 0.4) is 0 Å². The van der Waals surface area contributed by atoms with Crippen molar-refractivity contribution in [1.29, 1.82) is 0 Å². The van der Waals surface area contributed by atoms with Gasteiger partial charge in [0.25, 0.3) is 0 Å². The van der Waals surface area contributed by atoms with Crippen LogP contribution < -0.4 is 5.73 Å². The van der Waals surface area contributed by atoms with Crippen molar-refractivity contribution >= 4 is 17.6 Å². The van der Waals surface area contributed by atoms with Gasteiger partial charge in [-0.2, -0.15) is 0 Å². The maximum absolute atomic E-state index is 13.0. The van der Waals surface area contributed by atoms with Gasteiger partial charge in [0.1, 0.15) is 5.82 Å². The number of esters is 1. The summed E-state index contributed by atoms with van der Waals surface area (Å²) in [5, 5.41) is 0.295. The normalized spacial score (nSPS) is 12.2. The zero-order valence-corrected chi connectivity index (χ0v) is 9.63. The van der Waals surface area contributed by atoms with Gasteiger partial charge in [0.2, 0.25) is 0 Å². The Labute approximate surface area is 98.3 Å². The Morgan fingerprint density at radius 2 is 2.25 bits per heavy atom. The van der Waals surface area contributed by atoms with Crippen LogP contribution in [0.2, 0.25) is 5.02 Å². The van der Waals surface area contributed by atoms with Gasteiger partial charge in [0.15, 0.2) is 0 Å². The van der Waals surface area contributed by atoms with Crippen molar-refractivity contribution in [3.05, 3.63) is 34.6 Å². The SMILES string of the molecule is COC(=O)CCC(N)c1cc(F)cc(Cl)c1. The minimum absolute atomic E-state index is 0.200. The molecule has 88 valence electrons. The molecule has 5 heteroatoms. The van der Waals surface area contributed by atoms with Crippen molar-refractivity contribution in [1.82, 2.24) is 0 Å². The lowest BCUT2D eigenvalue weighted by Gasteiger charge is -2.11. The smallest absolute Gasteiger partial charge is 0.305 e. The summed E-state index contributed by atoms with van der Waals surface area (Å²) in [6.07, 6.45) is 0.595. The molecule has 16 heavy (non-hydrogen) atoms. The van der Waals surface area contributed by atoms with Gasteiger partial charge in [-0.3, -0.25) is 4.79 Å². The molecule has 0 saturated carbocycles. The molecule has 2 N–H and O–H groups in total. The highest BCUT2D eigenvalue weighted by Gasteiger charge is 2.11. The van der Waals surface area contributed by atoms with Crippen molar-refractivity contribution in [3.8, 4) is 0 Å². The summed E-state index contributed by atoms with van der Waals surface area (Å²) in [5.74, 6) is -0.769. The second-order valence-electron chi connectivity index (χ2n) is 3.42. The minimum atomic E-state index is -0.434. The summed E-state index contributed by atoms with van der Waals surface area (Å²) in [4.78, 5) is 10.9. The number of hydrogen-bond donors (Lipinski definition) is 1. The van der Waals surface area contributed by atoms with E-state index in [1.54, 1.807) is 6.07 Å². The monoisotopic (exact) mass is 245 g/mol. The Morgan fingerprint density at radius 3 is 2.81 bits per heavy atom. The number of ether oxygens (including phenoxy) is 1. The van der Waals surface area contributed by atoms with E-state index >= 15 is 0 Å². The molecule has 0 aliphatic carbocycles. The molecule has 0 aliphatic rings. The topological polar surface area (TPSA) is 52.3 Å². The van der Waals surface area contributed by atoms with E-state index in [4.69, 9.17) is 17.3 Å². The largest absolute Gasteiger partial charge is 0.469 e. The number of methoxy groups -OCH3 is 1. The van der Waals surface area contributed by atoms with Crippen LogP contribution in [0, 0.1) is 5.82 Å². The van der Waals surface area contributed by atoms with Crippen LogP contribution in [0.15, 0.2) is 18.2 Å². The molecule has 0 aliphatic heterocycles. The van der Waals surface area contributed by atoms with E-state index in [1.165, 1.54) is 19.2 Å². The van der Waals surface area contributed by atoms with Crippen LogP contribution in [-0.2, 0) is 9.53 Å². The van der Waals surface area contributed by atoms with Gasteiger partial charge in [-0.15, -0.1) is 0 Å². The molecule has 0 fully saturated rings. The lowest BCUT2D eigenvalue weighted by atomic mass is 10.0. The van der Waals surface area contributed by atoms with Crippen molar-refractivity contribution in [2.45, 2.75) is 18.9 Å². The quantitative estimate of drug-likeness (QED) is 0.829. The highest BCUT2D eigenvalue weighted by Crippen LogP contribution is 2.21. The lowest BCUT2D eigenvalue weighted by Crippen LogP contribution is -2.13. The number of halogens is 2. The number of carbonyl (C=O) groups is 1. The van der Waals surface area contributed by atoms with E-state index in [-0.39, 0.29) is 12.4 Å². The molecule has 1 unspecified atom stereocenters. The number of carbonyl (C=O) groups excluding carboxylic acids is 1. The average molecular weight is 246 g/mol. The fraction of sp³-hybridized carbons (Fsp3) is 0.364. The number of hydrogen-bond acceptors (Lipinski definition) is 3. The van der Waals surface area contributed by atoms with Crippen LogP contribution in [0.4, 0.5) is 4.39 Å². The van der Waals surface area contributed by atoms with E-state index in [9.17, 15) is 9.18 Å². The van der Waals surface area contributed by atoms with Crippen LogP contribution in [0.25, 0.3) is 0 Å². The van der Waals surface area contributed by atoms with E-state index in [0.717, 1.165) is 0 Å². The summed E-state index contributed by atoms with van der Waals surface area (Å²) in [6, 6.07) is 3.69. The first-order chi connectivity index (χ1) is 7.52. The van der Waals surface area contributed by atoms with Gasteiger partial charge in [-0.1, -0.05) is 11.6 Å². The Morgan fingerprint density at radius 1 is 1.56 bits per heavy atom. The second kappa shape index (κ2) is 5.82. The minimum Gasteiger partial charge on any atom is -0.469 e. The van der Waals surface area contributed by atoms with E-state index in [0.29, 0.717) is 17.0 Å². The van der Waals surface area contributed by atoms with Gasteiger partial charge in [-0.25, -0.2) is 4.39 Å².